The summed E-state index contributed by atoms with van der Waals surface area (Å²) in [6.45, 7) is 5.49. The Morgan fingerprint density at radius 1 is 1.41 bits per heavy atom. The molecule has 0 aliphatic carbocycles. The Bertz CT molecular complexity index is 369. The van der Waals surface area contributed by atoms with E-state index >= 15 is 0 Å². The summed E-state index contributed by atoms with van der Waals surface area (Å²) in [6, 6.07) is 8.55. The van der Waals surface area contributed by atoms with Crippen molar-refractivity contribution in [3.8, 4) is 0 Å². The van der Waals surface area contributed by atoms with Gasteiger partial charge in [-0.1, -0.05) is 29.8 Å². The second-order valence-corrected chi connectivity index (χ2v) is 5.31. The average molecular weight is 235 g/mol. The minimum absolute atomic E-state index is 0.0292. The molecule has 3 heteroatoms. The molecule has 0 unspecified atom stereocenters. The van der Waals surface area contributed by atoms with E-state index in [1.807, 2.05) is 0 Å². The molecule has 1 N–H and O–H groups in total. The Hall–Kier alpha value is -0.900. The molecule has 1 aliphatic rings. The second kappa shape index (κ2) is 5.17. The Kier molecular flexibility index (Phi) is 3.82. The number of rotatable bonds is 5. The Balaban J connectivity index is 1.90. The topological polar surface area (TPSA) is 32.7 Å². The maximum absolute atomic E-state index is 9.39. The molecule has 1 aromatic rings. The molecule has 1 saturated heterocycles. The normalized spacial score (nSPS) is 18.1. The maximum atomic E-state index is 9.39. The zero-order valence-electron chi connectivity index (χ0n) is 10.6. The van der Waals surface area contributed by atoms with Gasteiger partial charge in [-0.15, -0.1) is 0 Å². The molecule has 0 radical (unpaired) electrons. The quantitative estimate of drug-likeness (QED) is 0.838. The summed E-state index contributed by atoms with van der Waals surface area (Å²) in [4.78, 5) is 2.26. The van der Waals surface area contributed by atoms with Crippen molar-refractivity contribution in [2.45, 2.75) is 13.5 Å². The highest BCUT2D eigenvalue weighted by Gasteiger charge is 2.38. The molecule has 0 bridgehead atoms. The van der Waals surface area contributed by atoms with Crippen LogP contribution < -0.4 is 0 Å². The van der Waals surface area contributed by atoms with Crippen molar-refractivity contribution < 1.29 is 9.84 Å². The van der Waals surface area contributed by atoms with Gasteiger partial charge in [-0.3, -0.25) is 0 Å². The van der Waals surface area contributed by atoms with Crippen LogP contribution in [0.15, 0.2) is 24.3 Å². The summed E-state index contributed by atoms with van der Waals surface area (Å²) < 4.78 is 5.21. The molecule has 1 aliphatic heterocycles. The number of aliphatic hydroxyl groups excluding tert-OH is 1. The third kappa shape index (κ3) is 3.06. The van der Waals surface area contributed by atoms with Gasteiger partial charge in [0.25, 0.3) is 0 Å². The molecule has 0 aromatic heterocycles. The summed E-state index contributed by atoms with van der Waals surface area (Å²) in [7, 11) is 2.10. The minimum atomic E-state index is -0.0292. The second-order valence-electron chi connectivity index (χ2n) is 5.31. The summed E-state index contributed by atoms with van der Waals surface area (Å²) >= 11 is 0. The van der Waals surface area contributed by atoms with E-state index in [9.17, 15) is 5.11 Å². The Morgan fingerprint density at radius 3 is 2.71 bits per heavy atom. The predicted octanol–water partition coefficient (Wildman–Crippen LogP) is 1.44. The van der Waals surface area contributed by atoms with Gasteiger partial charge in [-0.05, 0) is 19.5 Å². The molecule has 94 valence electrons. The van der Waals surface area contributed by atoms with Crippen LogP contribution in [0.1, 0.15) is 11.1 Å². The van der Waals surface area contributed by atoms with Gasteiger partial charge in [-0.25, -0.2) is 0 Å². The number of benzene rings is 1. The lowest BCUT2D eigenvalue weighted by molar-refractivity contribution is -0.147. The van der Waals surface area contributed by atoms with Crippen molar-refractivity contribution >= 4 is 0 Å². The van der Waals surface area contributed by atoms with E-state index in [0.717, 1.165) is 13.1 Å². The molecular weight excluding hydrogens is 214 g/mol. The van der Waals surface area contributed by atoms with Crippen molar-refractivity contribution in [1.82, 2.24) is 4.90 Å². The number of hydrogen-bond acceptors (Lipinski definition) is 3. The van der Waals surface area contributed by atoms with Crippen LogP contribution in [0.3, 0.4) is 0 Å². The number of aliphatic hydroxyl groups is 1. The van der Waals surface area contributed by atoms with Crippen LogP contribution in [-0.2, 0) is 11.3 Å². The summed E-state index contributed by atoms with van der Waals surface area (Å²) in [5, 5.41) is 9.39. The fraction of sp³-hybridized carbons (Fsp3) is 0.571. The Labute approximate surface area is 103 Å². The van der Waals surface area contributed by atoms with E-state index in [4.69, 9.17) is 4.74 Å². The zero-order chi connectivity index (χ0) is 12.3. The van der Waals surface area contributed by atoms with Gasteiger partial charge in [0.05, 0.1) is 25.2 Å². The van der Waals surface area contributed by atoms with Gasteiger partial charge in [0.1, 0.15) is 0 Å². The molecular formula is C14H21NO2. The smallest absolute Gasteiger partial charge is 0.0579 e. The van der Waals surface area contributed by atoms with E-state index in [1.54, 1.807) is 0 Å². The number of nitrogens with zero attached hydrogens (tertiary/aromatic N) is 1. The van der Waals surface area contributed by atoms with E-state index in [0.29, 0.717) is 13.2 Å². The molecule has 1 heterocycles. The third-order valence-electron chi connectivity index (χ3n) is 3.29. The van der Waals surface area contributed by atoms with Crippen LogP contribution in [0.5, 0.6) is 0 Å². The van der Waals surface area contributed by atoms with Crippen LogP contribution in [0.25, 0.3) is 0 Å². The van der Waals surface area contributed by atoms with Crippen molar-refractivity contribution in [3.05, 3.63) is 35.4 Å². The lowest BCUT2D eigenvalue weighted by Crippen LogP contribution is -2.52. The lowest BCUT2D eigenvalue weighted by Gasteiger charge is -2.42. The molecule has 17 heavy (non-hydrogen) atoms. The first-order valence-corrected chi connectivity index (χ1v) is 6.06. The Morgan fingerprint density at radius 2 is 2.18 bits per heavy atom. The highest BCUT2D eigenvalue weighted by Crippen LogP contribution is 2.27. The predicted molar refractivity (Wildman–Crippen MR) is 67.9 cm³/mol. The van der Waals surface area contributed by atoms with Crippen LogP contribution >= 0.6 is 0 Å². The van der Waals surface area contributed by atoms with E-state index in [-0.39, 0.29) is 12.0 Å². The molecule has 2 rings (SSSR count). The maximum Gasteiger partial charge on any atom is 0.0579 e. The molecule has 0 atom stereocenters. The van der Waals surface area contributed by atoms with Gasteiger partial charge in [-0.2, -0.15) is 0 Å². The van der Waals surface area contributed by atoms with Crippen LogP contribution in [-0.4, -0.2) is 43.4 Å². The summed E-state index contributed by atoms with van der Waals surface area (Å²) in [5.41, 5.74) is 2.58. The largest absolute Gasteiger partial charge is 0.396 e. The van der Waals surface area contributed by atoms with Crippen molar-refractivity contribution in [3.63, 3.8) is 0 Å². The van der Waals surface area contributed by atoms with Gasteiger partial charge in [0.2, 0.25) is 0 Å². The van der Waals surface area contributed by atoms with E-state index in [2.05, 4.69) is 43.1 Å². The first kappa shape index (κ1) is 12.6. The van der Waals surface area contributed by atoms with Crippen molar-refractivity contribution in [1.29, 1.82) is 0 Å². The first-order valence-electron chi connectivity index (χ1n) is 6.06. The van der Waals surface area contributed by atoms with Gasteiger partial charge >= 0.3 is 0 Å². The SMILES string of the molecule is Cc1cccc(CN(C)CC2(CO)COC2)c1. The molecule has 3 nitrogen and oxygen atoms in total. The van der Waals surface area contributed by atoms with Crippen LogP contribution in [0, 0.1) is 12.3 Å². The molecule has 1 aromatic carbocycles. The summed E-state index contributed by atoms with van der Waals surface area (Å²) in [5.74, 6) is 0. The number of ether oxygens (including phenoxy) is 1. The average Bonchev–Trinajstić information content (AvgIpc) is 2.23. The molecule has 0 spiro atoms. The standard InChI is InChI=1S/C14H21NO2/c1-12-4-3-5-13(6-12)7-15(2)8-14(9-16)10-17-11-14/h3-6,16H,7-11H2,1-2H3. The highest BCUT2D eigenvalue weighted by molar-refractivity contribution is 5.22. The van der Waals surface area contributed by atoms with Crippen LogP contribution in [0.2, 0.25) is 0 Å². The summed E-state index contributed by atoms with van der Waals surface area (Å²) in [6.07, 6.45) is 0. The highest BCUT2D eigenvalue weighted by atomic mass is 16.5. The van der Waals surface area contributed by atoms with Gasteiger partial charge in [0, 0.05) is 13.1 Å². The van der Waals surface area contributed by atoms with E-state index < -0.39 is 0 Å². The molecule has 0 amide bonds. The fourth-order valence-corrected chi connectivity index (χ4v) is 2.37. The van der Waals surface area contributed by atoms with Gasteiger partial charge < -0.3 is 14.7 Å². The number of hydrogen-bond donors (Lipinski definition) is 1. The van der Waals surface area contributed by atoms with E-state index in [1.165, 1.54) is 11.1 Å². The first-order chi connectivity index (χ1) is 8.13. The molecule has 0 saturated carbocycles. The van der Waals surface area contributed by atoms with Gasteiger partial charge in [0.15, 0.2) is 0 Å². The monoisotopic (exact) mass is 235 g/mol. The minimum Gasteiger partial charge on any atom is -0.396 e. The third-order valence-corrected chi connectivity index (χ3v) is 3.29. The zero-order valence-corrected chi connectivity index (χ0v) is 10.6. The number of aryl methyl sites for hydroxylation is 1. The van der Waals surface area contributed by atoms with Crippen molar-refractivity contribution in [2.75, 3.05) is 33.4 Å². The fourth-order valence-electron chi connectivity index (χ4n) is 2.37. The lowest BCUT2D eigenvalue weighted by atomic mass is 9.86. The molecule has 1 fully saturated rings. The van der Waals surface area contributed by atoms with Crippen molar-refractivity contribution in [2.24, 2.45) is 5.41 Å². The van der Waals surface area contributed by atoms with Crippen LogP contribution in [0.4, 0.5) is 0 Å².